The molecule has 0 bridgehead atoms. The van der Waals surface area contributed by atoms with Crippen molar-refractivity contribution in [3.8, 4) is 0 Å². The number of rotatable bonds is 7. The van der Waals surface area contributed by atoms with Gasteiger partial charge in [-0.05, 0) is 36.2 Å². The van der Waals surface area contributed by atoms with Crippen LogP contribution < -0.4 is 0 Å². The van der Waals surface area contributed by atoms with Gasteiger partial charge in [-0.15, -0.1) is 0 Å². The predicted octanol–water partition coefficient (Wildman–Crippen LogP) is 2.44. The minimum atomic E-state index is -0.382. The van der Waals surface area contributed by atoms with Crippen LogP contribution in [0.5, 0.6) is 0 Å². The van der Waals surface area contributed by atoms with E-state index in [4.69, 9.17) is 4.74 Å². The second-order valence-corrected chi connectivity index (χ2v) is 6.92. The van der Waals surface area contributed by atoms with Gasteiger partial charge in [0.1, 0.15) is 12.4 Å². The van der Waals surface area contributed by atoms with Crippen LogP contribution in [0.1, 0.15) is 30.6 Å². The van der Waals surface area contributed by atoms with Gasteiger partial charge in [-0.3, -0.25) is 9.59 Å². The number of halogens is 1. The Bertz CT molecular complexity index is 836. The number of nitrogens with zero attached hydrogens (tertiary/aromatic N) is 3. The van der Waals surface area contributed by atoms with Crippen molar-refractivity contribution in [2.45, 2.75) is 25.9 Å². The Morgan fingerprint density at radius 1 is 1.25 bits per heavy atom. The van der Waals surface area contributed by atoms with Crippen molar-refractivity contribution in [1.82, 2.24) is 14.4 Å². The van der Waals surface area contributed by atoms with Gasteiger partial charge in [-0.1, -0.05) is 19.1 Å². The molecular weight excluding hydrogens is 361 g/mol. The summed E-state index contributed by atoms with van der Waals surface area (Å²) in [6, 6.07) is 9.85. The molecule has 0 N–H and O–H groups in total. The summed E-state index contributed by atoms with van der Waals surface area (Å²) in [5, 5.41) is 0. The average Bonchev–Trinajstić information content (AvgIpc) is 3.15. The van der Waals surface area contributed by atoms with E-state index in [2.05, 4.69) is 4.57 Å². The lowest BCUT2D eigenvalue weighted by molar-refractivity contribution is -0.144. The first-order chi connectivity index (χ1) is 13.5. The van der Waals surface area contributed by atoms with Gasteiger partial charge in [0.2, 0.25) is 11.8 Å². The maximum absolute atomic E-state index is 13.9. The summed E-state index contributed by atoms with van der Waals surface area (Å²) in [4.78, 5) is 28.7. The lowest BCUT2D eigenvalue weighted by atomic mass is 9.99. The van der Waals surface area contributed by atoms with Crippen LogP contribution in [0.3, 0.4) is 0 Å². The third-order valence-corrected chi connectivity index (χ3v) is 4.96. The number of hydrogen-bond donors (Lipinski definition) is 0. The lowest BCUT2D eigenvalue weighted by Gasteiger charge is -2.38. The van der Waals surface area contributed by atoms with Crippen molar-refractivity contribution in [2.75, 3.05) is 33.4 Å². The Kier molecular flexibility index (Phi) is 6.46. The maximum Gasteiger partial charge on any atom is 0.249 e. The number of amides is 2. The Balaban J connectivity index is 1.88. The molecule has 0 spiro atoms. The number of benzene rings is 1. The summed E-state index contributed by atoms with van der Waals surface area (Å²) in [6.45, 7) is 3.55. The summed E-state index contributed by atoms with van der Waals surface area (Å²) in [5.41, 5.74) is 1.66. The molecule has 1 aromatic heterocycles. The monoisotopic (exact) mass is 387 g/mol. The van der Waals surface area contributed by atoms with Crippen molar-refractivity contribution >= 4 is 11.8 Å². The molecule has 2 heterocycles. The van der Waals surface area contributed by atoms with Crippen molar-refractivity contribution in [3.05, 3.63) is 59.7 Å². The fourth-order valence-electron chi connectivity index (χ4n) is 3.71. The van der Waals surface area contributed by atoms with E-state index in [1.165, 1.54) is 24.1 Å². The van der Waals surface area contributed by atoms with E-state index in [1.54, 1.807) is 11.0 Å². The largest absolute Gasteiger partial charge is 0.375 e. The van der Waals surface area contributed by atoms with Crippen molar-refractivity contribution in [1.29, 1.82) is 0 Å². The van der Waals surface area contributed by atoms with Crippen LogP contribution in [0, 0.1) is 5.82 Å². The number of carbonyl (C=O) groups is 2. The Hall–Kier alpha value is -2.67. The first-order valence-corrected chi connectivity index (χ1v) is 9.51. The van der Waals surface area contributed by atoms with Crippen molar-refractivity contribution in [3.63, 3.8) is 0 Å². The standard InChI is InChI=1S/C21H26FN3O3/c1-3-9-24(20(27)15-28-2)14-19(26)25-12-11-23-10-5-8-18(23)21(25)16-6-4-7-17(22)13-16/h4-8,10,13,21H,3,9,11-12,14-15H2,1-2H3. The van der Waals surface area contributed by atoms with Crippen LogP contribution in [0.15, 0.2) is 42.6 Å². The van der Waals surface area contributed by atoms with Gasteiger partial charge < -0.3 is 19.1 Å². The molecule has 7 heteroatoms. The number of carbonyl (C=O) groups excluding carboxylic acids is 2. The van der Waals surface area contributed by atoms with E-state index >= 15 is 0 Å². The van der Waals surface area contributed by atoms with E-state index in [-0.39, 0.29) is 36.8 Å². The summed E-state index contributed by atoms with van der Waals surface area (Å²) in [5.74, 6) is -0.698. The number of fused-ring (bicyclic) bond motifs is 1. The quantitative estimate of drug-likeness (QED) is 0.733. The Morgan fingerprint density at radius 2 is 2.07 bits per heavy atom. The van der Waals surface area contributed by atoms with Crippen LogP contribution in [-0.4, -0.2) is 59.5 Å². The van der Waals surface area contributed by atoms with Crippen LogP contribution in [-0.2, 0) is 20.9 Å². The molecule has 28 heavy (non-hydrogen) atoms. The van der Waals surface area contributed by atoms with Crippen molar-refractivity contribution < 1.29 is 18.7 Å². The fraction of sp³-hybridized carbons (Fsp3) is 0.429. The average molecular weight is 387 g/mol. The molecule has 6 nitrogen and oxygen atoms in total. The second-order valence-electron chi connectivity index (χ2n) is 6.92. The molecule has 3 rings (SSSR count). The normalized spacial score (nSPS) is 16.0. The first kappa shape index (κ1) is 20.1. The topological polar surface area (TPSA) is 54.8 Å². The summed E-state index contributed by atoms with van der Waals surface area (Å²) in [7, 11) is 1.46. The van der Waals surface area contributed by atoms with Gasteiger partial charge in [0.15, 0.2) is 0 Å². The van der Waals surface area contributed by atoms with Gasteiger partial charge in [0, 0.05) is 38.6 Å². The van der Waals surface area contributed by atoms with E-state index in [9.17, 15) is 14.0 Å². The fourth-order valence-corrected chi connectivity index (χ4v) is 3.71. The molecule has 0 saturated heterocycles. The molecule has 2 amide bonds. The molecule has 1 aromatic carbocycles. The minimum Gasteiger partial charge on any atom is -0.375 e. The smallest absolute Gasteiger partial charge is 0.249 e. The number of methoxy groups -OCH3 is 1. The molecule has 2 aromatic rings. The van der Waals surface area contributed by atoms with Crippen molar-refractivity contribution in [2.24, 2.45) is 0 Å². The highest BCUT2D eigenvalue weighted by atomic mass is 19.1. The lowest BCUT2D eigenvalue weighted by Crippen LogP contribution is -2.48. The summed E-state index contributed by atoms with van der Waals surface area (Å²) in [6.07, 6.45) is 2.72. The predicted molar refractivity (Wildman–Crippen MR) is 103 cm³/mol. The highest BCUT2D eigenvalue weighted by molar-refractivity contribution is 5.86. The summed E-state index contributed by atoms with van der Waals surface area (Å²) < 4.78 is 20.9. The first-order valence-electron chi connectivity index (χ1n) is 9.51. The number of ether oxygens (including phenoxy) is 1. The minimum absolute atomic E-state index is 0.0114. The van der Waals surface area contributed by atoms with Gasteiger partial charge in [-0.25, -0.2) is 4.39 Å². The zero-order valence-corrected chi connectivity index (χ0v) is 16.3. The molecule has 1 atom stereocenters. The van der Waals surface area contributed by atoms with E-state index < -0.39 is 0 Å². The molecule has 150 valence electrons. The second kappa shape index (κ2) is 9.01. The van der Waals surface area contributed by atoms with E-state index in [0.29, 0.717) is 19.6 Å². The van der Waals surface area contributed by atoms with Gasteiger partial charge >= 0.3 is 0 Å². The Morgan fingerprint density at radius 3 is 2.79 bits per heavy atom. The van der Waals surface area contributed by atoms with Gasteiger partial charge in [0.05, 0.1) is 12.6 Å². The maximum atomic E-state index is 13.9. The molecule has 0 saturated carbocycles. The molecule has 0 radical (unpaired) electrons. The molecular formula is C21H26FN3O3. The van der Waals surface area contributed by atoms with Crippen LogP contribution in [0.25, 0.3) is 0 Å². The molecule has 0 aliphatic carbocycles. The molecule has 1 aliphatic heterocycles. The zero-order valence-electron chi connectivity index (χ0n) is 16.3. The highest BCUT2D eigenvalue weighted by Gasteiger charge is 2.33. The SMILES string of the molecule is CCCN(CC(=O)N1CCn2cccc2C1c1cccc(F)c1)C(=O)COC. The van der Waals surface area contributed by atoms with Crippen LogP contribution in [0.2, 0.25) is 0 Å². The Labute approximate surface area is 164 Å². The zero-order chi connectivity index (χ0) is 20.1. The highest BCUT2D eigenvalue weighted by Crippen LogP contribution is 2.32. The third-order valence-electron chi connectivity index (χ3n) is 4.96. The molecule has 1 unspecified atom stereocenters. The molecule has 0 fully saturated rings. The van der Waals surface area contributed by atoms with Gasteiger partial charge in [0.25, 0.3) is 0 Å². The van der Waals surface area contributed by atoms with Crippen LogP contribution in [0.4, 0.5) is 4.39 Å². The third kappa shape index (κ3) is 4.25. The van der Waals surface area contributed by atoms with Crippen LogP contribution >= 0.6 is 0 Å². The molecule has 1 aliphatic rings. The number of aromatic nitrogens is 1. The van der Waals surface area contributed by atoms with E-state index in [1.807, 2.05) is 31.3 Å². The van der Waals surface area contributed by atoms with E-state index in [0.717, 1.165) is 17.7 Å². The van der Waals surface area contributed by atoms with Gasteiger partial charge in [-0.2, -0.15) is 0 Å². The summed E-state index contributed by atoms with van der Waals surface area (Å²) >= 11 is 0. The number of hydrogen-bond acceptors (Lipinski definition) is 3.